The van der Waals surface area contributed by atoms with E-state index in [1.165, 1.54) is 12.1 Å². The van der Waals surface area contributed by atoms with Crippen LogP contribution in [0.1, 0.15) is 31.2 Å². The van der Waals surface area contributed by atoms with Crippen LogP contribution in [-0.2, 0) is 5.54 Å². The number of nitrogens with zero attached hydrogens (tertiary/aromatic N) is 1. The number of likely N-dealkylation sites (tertiary alicyclic amines) is 1. The summed E-state index contributed by atoms with van der Waals surface area (Å²) in [5.41, 5.74) is 0.567. The zero-order chi connectivity index (χ0) is 12.6. The molecular formula is C14H17FN2O. The van der Waals surface area contributed by atoms with E-state index in [1.807, 2.05) is 11.0 Å². The minimum atomic E-state index is -0.318. The molecule has 1 saturated heterocycles. The zero-order valence-corrected chi connectivity index (χ0v) is 10.3. The van der Waals surface area contributed by atoms with Crippen molar-refractivity contribution in [2.24, 2.45) is 0 Å². The summed E-state index contributed by atoms with van der Waals surface area (Å²) in [5, 5.41) is 3.07. The number of benzene rings is 1. The smallest absolute Gasteiger partial charge is 0.318 e. The number of hydrogen-bond donors (Lipinski definition) is 1. The number of carbonyl (C=O) groups is 1. The molecule has 1 aliphatic heterocycles. The minimum Gasteiger partial charge on any atom is -0.328 e. The van der Waals surface area contributed by atoms with Crippen molar-refractivity contribution in [2.45, 2.75) is 31.2 Å². The zero-order valence-electron chi connectivity index (χ0n) is 10.3. The summed E-state index contributed by atoms with van der Waals surface area (Å²) in [6, 6.07) is 6.54. The van der Waals surface area contributed by atoms with Crippen LogP contribution in [-0.4, -0.2) is 24.0 Å². The summed E-state index contributed by atoms with van der Waals surface area (Å²) < 4.78 is 13.2. The van der Waals surface area contributed by atoms with E-state index in [9.17, 15) is 9.18 Å². The minimum absolute atomic E-state index is 0.00531. The molecule has 2 aliphatic rings. The molecule has 96 valence electrons. The lowest BCUT2D eigenvalue weighted by atomic mass is 10.1. The third-order valence-electron chi connectivity index (χ3n) is 3.87. The Hall–Kier alpha value is -1.58. The first-order valence-electron chi connectivity index (χ1n) is 6.53. The second-order valence-corrected chi connectivity index (χ2v) is 5.22. The average molecular weight is 248 g/mol. The molecule has 3 rings (SSSR count). The maximum Gasteiger partial charge on any atom is 0.318 e. The third-order valence-corrected chi connectivity index (χ3v) is 3.87. The highest BCUT2D eigenvalue weighted by Crippen LogP contribution is 2.45. The van der Waals surface area contributed by atoms with Gasteiger partial charge in [0.05, 0.1) is 5.54 Å². The Balaban J connectivity index is 1.73. The van der Waals surface area contributed by atoms with Gasteiger partial charge >= 0.3 is 6.03 Å². The van der Waals surface area contributed by atoms with Crippen LogP contribution in [0.2, 0.25) is 0 Å². The fraction of sp³-hybridized carbons (Fsp3) is 0.500. The van der Waals surface area contributed by atoms with Gasteiger partial charge in [-0.05, 0) is 43.4 Å². The standard InChI is InChI=1S/C14H17FN2O/c15-12-5-3-4-11(10-12)14(6-7-14)16-13(18)17-8-1-2-9-17/h3-5,10H,1-2,6-9H2,(H,16,18). The molecule has 1 N–H and O–H groups in total. The molecule has 0 aromatic heterocycles. The van der Waals surface area contributed by atoms with E-state index in [0.29, 0.717) is 0 Å². The monoisotopic (exact) mass is 248 g/mol. The normalized spacial score (nSPS) is 20.8. The van der Waals surface area contributed by atoms with Crippen molar-refractivity contribution < 1.29 is 9.18 Å². The summed E-state index contributed by atoms with van der Waals surface area (Å²) in [6.45, 7) is 1.68. The van der Waals surface area contributed by atoms with Crippen LogP contribution >= 0.6 is 0 Å². The lowest BCUT2D eigenvalue weighted by Gasteiger charge is -2.23. The molecule has 1 aromatic carbocycles. The Morgan fingerprint density at radius 2 is 2.00 bits per heavy atom. The van der Waals surface area contributed by atoms with Gasteiger partial charge in [0, 0.05) is 13.1 Å². The summed E-state index contributed by atoms with van der Waals surface area (Å²) >= 11 is 0. The van der Waals surface area contributed by atoms with Crippen LogP contribution in [0.4, 0.5) is 9.18 Å². The van der Waals surface area contributed by atoms with Gasteiger partial charge in [0.1, 0.15) is 5.82 Å². The van der Waals surface area contributed by atoms with Crippen molar-refractivity contribution in [3.8, 4) is 0 Å². The molecule has 1 saturated carbocycles. The highest BCUT2D eigenvalue weighted by atomic mass is 19.1. The second kappa shape index (κ2) is 4.26. The van der Waals surface area contributed by atoms with E-state index < -0.39 is 0 Å². The quantitative estimate of drug-likeness (QED) is 0.857. The van der Waals surface area contributed by atoms with Crippen LogP contribution in [0.3, 0.4) is 0 Å². The average Bonchev–Trinajstić information content (AvgIpc) is 2.93. The van der Waals surface area contributed by atoms with E-state index in [1.54, 1.807) is 6.07 Å². The van der Waals surface area contributed by atoms with Crippen molar-refractivity contribution in [2.75, 3.05) is 13.1 Å². The van der Waals surface area contributed by atoms with E-state index in [2.05, 4.69) is 5.32 Å². The van der Waals surface area contributed by atoms with Crippen LogP contribution in [0.15, 0.2) is 24.3 Å². The van der Waals surface area contributed by atoms with Gasteiger partial charge in [-0.25, -0.2) is 9.18 Å². The molecule has 18 heavy (non-hydrogen) atoms. The fourth-order valence-electron chi connectivity index (χ4n) is 2.60. The van der Waals surface area contributed by atoms with Crippen molar-refractivity contribution >= 4 is 6.03 Å². The SMILES string of the molecule is O=C(NC1(c2cccc(F)c2)CC1)N1CCCC1. The topological polar surface area (TPSA) is 32.3 Å². The molecule has 1 aliphatic carbocycles. The van der Waals surface area contributed by atoms with E-state index in [-0.39, 0.29) is 17.4 Å². The summed E-state index contributed by atoms with van der Waals surface area (Å²) in [5.74, 6) is -0.241. The Kier molecular flexibility index (Phi) is 2.73. The molecule has 0 radical (unpaired) electrons. The third kappa shape index (κ3) is 2.07. The van der Waals surface area contributed by atoms with E-state index in [4.69, 9.17) is 0 Å². The molecule has 0 atom stereocenters. The predicted octanol–water partition coefficient (Wildman–Crippen LogP) is 2.62. The second-order valence-electron chi connectivity index (χ2n) is 5.22. The number of halogens is 1. The molecular weight excluding hydrogens is 231 g/mol. The van der Waals surface area contributed by atoms with Crippen LogP contribution in [0.25, 0.3) is 0 Å². The Morgan fingerprint density at radius 1 is 1.28 bits per heavy atom. The van der Waals surface area contributed by atoms with Crippen LogP contribution in [0, 0.1) is 5.82 Å². The van der Waals surface area contributed by atoms with Crippen molar-refractivity contribution in [1.82, 2.24) is 10.2 Å². The molecule has 4 heteroatoms. The van der Waals surface area contributed by atoms with Crippen LogP contribution in [0.5, 0.6) is 0 Å². The van der Waals surface area contributed by atoms with Gasteiger partial charge in [-0.3, -0.25) is 0 Å². The van der Waals surface area contributed by atoms with Gasteiger partial charge in [-0.15, -0.1) is 0 Å². The molecule has 0 spiro atoms. The number of hydrogen-bond acceptors (Lipinski definition) is 1. The summed E-state index contributed by atoms with van der Waals surface area (Å²) in [7, 11) is 0. The van der Waals surface area contributed by atoms with Crippen molar-refractivity contribution in [3.63, 3.8) is 0 Å². The van der Waals surface area contributed by atoms with Gasteiger partial charge < -0.3 is 10.2 Å². The van der Waals surface area contributed by atoms with E-state index >= 15 is 0 Å². The highest BCUT2D eigenvalue weighted by molar-refractivity contribution is 5.76. The molecule has 3 nitrogen and oxygen atoms in total. The molecule has 0 unspecified atom stereocenters. The van der Waals surface area contributed by atoms with Gasteiger partial charge in [0.2, 0.25) is 0 Å². The predicted molar refractivity (Wildman–Crippen MR) is 66.7 cm³/mol. The summed E-state index contributed by atoms with van der Waals surface area (Å²) in [4.78, 5) is 13.9. The fourth-order valence-corrected chi connectivity index (χ4v) is 2.60. The highest BCUT2D eigenvalue weighted by Gasteiger charge is 2.46. The lowest BCUT2D eigenvalue weighted by molar-refractivity contribution is 0.203. The number of carbonyl (C=O) groups excluding carboxylic acids is 1. The maximum absolute atomic E-state index is 13.2. The van der Waals surface area contributed by atoms with E-state index in [0.717, 1.165) is 44.3 Å². The maximum atomic E-state index is 13.2. The summed E-state index contributed by atoms with van der Waals surface area (Å²) in [6.07, 6.45) is 3.97. The molecule has 1 heterocycles. The Labute approximate surface area is 106 Å². The molecule has 1 aromatic rings. The molecule has 2 amide bonds. The first-order chi connectivity index (χ1) is 8.70. The van der Waals surface area contributed by atoms with Gasteiger partial charge in [0.25, 0.3) is 0 Å². The number of nitrogens with one attached hydrogen (secondary N) is 1. The first-order valence-corrected chi connectivity index (χ1v) is 6.53. The van der Waals surface area contributed by atoms with Gasteiger partial charge in [-0.1, -0.05) is 12.1 Å². The largest absolute Gasteiger partial charge is 0.328 e. The van der Waals surface area contributed by atoms with Gasteiger partial charge in [0.15, 0.2) is 0 Å². The molecule has 2 fully saturated rings. The van der Waals surface area contributed by atoms with Crippen LogP contribution < -0.4 is 5.32 Å². The Morgan fingerprint density at radius 3 is 2.61 bits per heavy atom. The number of amides is 2. The number of rotatable bonds is 2. The van der Waals surface area contributed by atoms with Crippen molar-refractivity contribution in [1.29, 1.82) is 0 Å². The van der Waals surface area contributed by atoms with Crippen molar-refractivity contribution in [3.05, 3.63) is 35.6 Å². The number of urea groups is 1. The first kappa shape index (κ1) is 11.5. The van der Waals surface area contributed by atoms with Gasteiger partial charge in [-0.2, -0.15) is 0 Å². The Bertz CT molecular complexity index is 465. The molecule has 0 bridgehead atoms. The lowest BCUT2D eigenvalue weighted by Crippen LogP contribution is -2.43.